The highest BCUT2D eigenvalue weighted by atomic mass is 16.5. The van der Waals surface area contributed by atoms with Crippen LogP contribution in [0.3, 0.4) is 0 Å². The van der Waals surface area contributed by atoms with E-state index >= 15 is 0 Å². The molecule has 0 aliphatic rings. The molecular formula is C23H22N2O3. The summed E-state index contributed by atoms with van der Waals surface area (Å²) in [5, 5.41) is 5.36. The van der Waals surface area contributed by atoms with Gasteiger partial charge in [0.25, 0.3) is 11.8 Å². The Morgan fingerprint density at radius 2 is 1.68 bits per heavy atom. The van der Waals surface area contributed by atoms with Crippen molar-refractivity contribution >= 4 is 17.5 Å². The van der Waals surface area contributed by atoms with Crippen LogP contribution in [0.5, 0.6) is 5.75 Å². The highest BCUT2D eigenvalue weighted by Gasteiger charge is 2.13. The van der Waals surface area contributed by atoms with Crippen LogP contribution in [0.1, 0.15) is 31.8 Å². The standard InChI is InChI=1S/C23H22N2O3/c1-16-7-5-8-17(13-16)15-28-19-10-6-9-18(14-19)22(26)25-21-12-4-3-11-20(21)23(27)24-2/h3-14H,15H2,1-2H3,(H,24,27)(H,25,26). The third kappa shape index (κ3) is 4.76. The average molecular weight is 374 g/mol. The van der Waals surface area contributed by atoms with E-state index < -0.39 is 0 Å². The van der Waals surface area contributed by atoms with E-state index in [0.29, 0.717) is 29.2 Å². The summed E-state index contributed by atoms with van der Waals surface area (Å²) in [4.78, 5) is 24.6. The molecule has 28 heavy (non-hydrogen) atoms. The summed E-state index contributed by atoms with van der Waals surface area (Å²) >= 11 is 0. The smallest absolute Gasteiger partial charge is 0.255 e. The van der Waals surface area contributed by atoms with Crippen molar-refractivity contribution in [2.45, 2.75) is 13.5 Å². The maximum absolute atomic E-state index is 12.6. The molecule has 0 bridgehead atoms. The number of hydrogen-bond acceptors (Lipinski definition) is 3. The number of ether oxygens (including phenoxy) is 1. The molecule has 5 nitrogen and oxygen atoms in total. The predicted molar refractivity (Wildman–Crippen MR) is 110 cm³/mol. The number of carbonyl (C=O) groups excluding carboxylic acids is 2. The SMILES string of the molecule is CNC(=O)c1ccccc1NC(=O)c1cccc(OCc2cccc(C)c2)c1. The fourth-order valence-corrected chi connectivity index (χ4v) is 2.81. The topological polar surface area (TPSA) is 67.4 Å². The zero-order chi connectivity index (χ0) is 19.9. The summed E-state index contributed by atoms with van der Waals surface area (Å²) in [7, 11) is 1.55. The van der Waals surface area contributed by atoms with Gasteiger partial charge in [-0.25, -0.2) is 0 Å². The van der Waals surface area contributed by atoms with E-state index in [-0.39, 0.29) is 11.8 Å². The Morgan fingerprint density at radius 3 is 2.46 bits per heavy atom. The van der Waals surface area contributed by atoms with Gasteiger partial charge in [-0.1, -0.05) is 48.0 Å². The lowest BCUT2D eigenvalue weighted by atomic mass is 10.1. The van der Waals surface area contributed by atoms with Crippen molar-refractivity contribution in [3.8, 4) is 5.75 Å². The molecule has 2 N–H and O–H groups in total. The Balaban J connectivity index is 1.72. The molecule has 3 rings (SSSR count). The van der Waals surface area contributed by atoms with Crippen molar-refractivity contribution < 1.29 is 14.3 Å². The second-order valence-electron chi connectivity index (χ2n) is 6.38. The molecule has 0 fully saturated rings. The molecule has 3 aromatic carbocycles. The molecule has 0 atom stereocenters. The lowest BCUT2D eigenvalue weighted by Gasteiger charge is -2.11. The highest BCUT2D eigenvalue weighted by Crippen LogP contribution is 2.19. The predicted octanol–water partition coefficient (Wildman–Crippen LogP) is 4.19. The molecule has 142 valence electrons. The fourth-order valence-electron chi connectivity index (χ4n) is 2.81. The normalized spacial score (nSPS) is 10.2. The number of nitrogens with one attached hydrogen (secondary N) is 2. The van der Waals surface area contributed by atoms with Gasteiger partial charge >= 0.3 is 0 Å². The summed E-state index contributed by atoms with van der Waals surface area (Å²) in [6.45, 7) is 2.46. The minimum absolute atomic E-state index is 0.258. The third-order valence-electron chi connectivity index (χ3n) is 4.23. The van der Waals surface area contributed by atoms with Crippen molar-refractivity contribution in [2.24, 2.45) is 0 Å². The maximum atomic E-state index is 12.6. The molecule has 0 unspecified atom stereocenters. The van der Waals surface area contributed by atoms with E-state index in [4.69, 9.17) is 4.74 Å². The molecule has 0 aliphatic heterocycles. The highest BCUT2D eigenvalue weighted by molar-refractivity contribution is 6.09. The van der Waals surface area contributed by atoms with Gasteiger partial charge in [-0.3, -0.25) is 9.59 Å². The molecule has 0 aliphatic carbocycles. The zero-order valence-corrected chi connectivity index (χ0v) is 15.9. The second kappa shape index (κ2) is 8.86. The number of amides is 2. The summed E-state index contributed by atoms with van der Waals surface area (Å²) in [5.74, 6) is 0.0391. The van der Waals surface area contributed by atoms with E-state index in [2.05, 4.69) is 16.7 Å². The number of aryl methyl sites for hydroxylation is 1. The monoisotopic (exact) mass is 374 g/mol. The van der Waals surface area contributed by atoms with Gasteiger partial charge in [-0.05, 0) is 42.8 Å². The van der Waals surface area contributed by atoms with Crippen LogP contribution >= 0.6 is 0 Å². The first kappa shape index (κ1) is 19.2. The van der Waals surface area contributed by atoms with Crippen molar-refractivity contribution in [2.75, 3.05) is 12.4 Å². The van der Waals surface area contributed by atoms with Gasteiger partial charge in [0.1, 0.15) is 12.4 Å². The summed E-state index contributed by atoms with van der Waals surface area (Å²) in [5.41, 5.74) is 3.55. The van der Waals surface area contributed by atoms with Gasteiger partial charge in [-0.2, -0.15) is 0 Å². The van der Waals surface area contributed by atoms with E-state index in [1.807, 2.05) is 31.2 Å². The number of rotatable bonds is 6. The van der Waals surface area contributed by atoms with Crippen LogP contribution in [0.15, 0.2) is 72.8 Å². The van der Waals surface area contributed by atoms with Gasteiger partial charge in [0.15, 0.2) is 0 Å². The van der Waals surface area contributed by atoms with Crippen LogP contribution in [0.4, 0.5) is 5.69 Å². The van der Waals surface area contributed by atoms with E-state index in [0.717, 1.165) is 5.56 Å². The minimum atomic E-state index is -0.308. The molecule has 2 amide bonds. The zero-order valence-electron chi connectivity index (χ0n) is 15.9. The van der Waals surface area contributed by atoms with Crippen molar-refractivity contribution in [1.29, 1.82) is 0 Å². The van der Waals surface area contributed by atoms with Crippen LogP contribution < -0.4 is 15.4 Å². The Kier molecular flexibility index (Phi) is 6.07. The lowest BCUT2D eigenvalue weighted by Crippen LogP contribution is -2.21. The van der Waals surface area contributed by atoms with Crippen LogP contribution in [-0.2, 0) is 6.61 Å². The Morgan fingerprint density at radius 1 is 0.893 bits per heavy atom. The number of para-hydroxylation sites is 1. The van der Waals surface area contributed by atoms with Crippen LogP contribution in [0, 0.1) is 6.92 Å². The van der Waals surface area contributed by atoms with Crippen molar-refractivity contribution in [3.63, 3.8) is 0 Å². The van der Waals surface area contributed by atoms with Crippen molar-refractivity contribution in [3.05, 3.63) is 95.1 Å². The molecule has 0 radical (unpaired) electrons. The fraction of sp³-hybridized carbons (Fsp3) is 0.130. The van der Waals surface area contributed by atoms with Gasteiger partial charge in [0.2, 0.25) is 0 Å². The Bertz CT molecular complexity index is 998. The van der Waals surface area contributed by atoms with Crippen molar-refractivity contribution in [1.82, 2.24) is 5.32 Å². The number of carbonyl (C=O) groups is 2. The van der Waals surface area contributed by atoms with Crippen LogP contribution in [0.2, 0.25) is 0 Å². The van der Waals surface area contributed by atoms with Gasteiger partial charge < -0.3 is 15.4 Å². The first-order valence-corrected chi connectivity index (χ1v) is 8.97. The largest absolute Gasteiger partial charge is 0.489 e. The van der Waals surface area contributed by atoms with Gasteiger partial charge in [0.05, 0.1) is 11.3 Å². The van der Waals surface area contributed by atoms with Crippen LogP contribution in [-0.4, -0.2) is 18.9 Å². The van der Waals surface area contributed by atoms with Crippen LogP contribution in [0.25, 0.3) is 0 Å². The summed E-state index contributed by atoms with van der Waals surface area (Å²) in [6.07, 6.45) is 0. The Hall–Kier alpha value is -3.60. The summed E-state index contributed by atoms with van der Waals surface area (Å²) < 4.78 is 5.82. The summed E-state index contributed by atoms with van der Waals surface area (Å²) in [6, 6.07) is 21.9. The molecular weight excluding hydrogens is 352 g/mol. The maximum Gasteiger partial charge on any atom is 0.255 e. The number of hydrogen-bond donors (Lipinski definition) is 2. The third-order valence-corrected chi connectivity index (χ3v) is 4.23. The van der Waals surface area contributed by atoms with Gasteiger partial charge in [0, 0.05) is 12.6 Å². The molecule has 5 heteroatoms. The first-order valence-electron chi connectivity index (χ1n) is 8.97. The molecule has 0 saturated heterocycles. The molecule has 0 heterocycles. The second-order valence-corrected chi connectivity index (χ2v) is 6.38. The lowest BCUT2D eigenvalue weighted by molar-refractivity contribution is 0.0964. The molecule has 0 spiro atoms. The number of anilines is 1. The van der Waals surface area contributed by atoms with E-state index in [9.17, 15) is 9.59 Å². The molecule has 0 saturated carbocycles. The minimum Gasteiger partial charge on any atom is -0.489 e. The quantitative estimate of drug-likeness (QED) is 0.680. The van der Waals surface area contributed by atoms with E-state index in [1.54, 1.807) is 49.5 Å². The average Bonchev–Trinajstić information content (AvgIpc) is 2.72. The van der Waals surface area contributed by atoms with E-state index in [1.165, 1.54) is 5.56 Å². The number of benzene rings is 3. The van der Waals surface area contributed by atoms with Gasteiger partial charge in [-0.15, -0.1) is 0 Å². The molecule has 3 aromatic rings. The Labute approximate surface area is 164 Å². The molecule has 0 aromatic heterocycles. The first-order chi connectivity index (χ1) is 13.6.